The summed E-state index contributed by atoms with van der Waals surface area (Å²) >= 11 is 0. The third-order valence-corrected chi connectivity index (χ3v) is 6.84. The molecule has 5 rings (SSSR count). The Bertz CT molecular complexity index is 970. The van der Waals surface area contributed by atoms with E-state index in [9.17, 15) is 5.11 Å². The molecule has 2 saturated heterocycles. The van der Waals surface area contributed by atoms with Crippen LogP contribution < -0.4 is 5.32 Å². The molecule has 2 aromatic rings. The maximum Gasteiger partial charge on any atom is 0.149 e. The van der Waals surface area contributed by atoms with Gasteiger partial charge in [0, 0.05) is 18.2 Å². The van der Waals surface area contributed by atoms with Crippen molar-refractivity contribution in [3.8, 4) is 17.0 Å². The van der Waals surface area contributed by atoms with E-state index in [0.717, 1.165) is 73.8 Å². The predicted octanol–water partition coefficient (Wildman–Crippen LogP) is 4.39. The molecular formula is C25H32N4O2. The van der Waals surface area contributed by atoms with Crippen molar-refractivity contribution >= 4 is 11.4 Å². The zero-order valence-electron chi connectivity index (χ0n) is 18.3. The number of hydrogen-bond acceptors (Lipinski definition) is 6. The van der Waals surface area contributed by atoms with Crippen LogP contribution in [0.5, 0.6) is 5.75 Å². The van der Waals surface area contributed by atoms with E-state index in [1.807, 2.05) is 25.1 Å². The lowest BCUT2D eigenvalue weighted by molar-refractivity contribution is -0.0710. The first-order valence-corrected chi connectivity index (χ1v) is 11.6. The normalized spacial score (nSPS) is 22.6. The molecule has 1 aromatic carbocycles. The summed E-state index contributed by atoms with van der Waals surface area (Å²) in [7, 11) is 0. The smallest absolute Gasteiger partial charge is 0.149 e. The van der Waals surface area contributed by atoms with Crippen molar-refractivity contribution in [2.24, 2.45) is 0 Å². The van der Waals surface area contributed by atoms with Gasteiger partial charge in [-0.25, -0.2) is 0 Å². The number of benzene rings is 1. The average Bonchev–Trinajstić information content (AvgIpc) is 2.74. The van der Waals surface area contributed by atoms with Crippen molar-refractivity contribution in [1.29, 1.82) is 0 Å². The van der Waals surface area contributed by atoms with Crippen LogP contribution in [0.25, 0.3) is 16.8 Å². The summed E-state index contributed by atoms with van der Waals surface area (Å²) in [5.41, 5.74) is 4.95. The van der Waals surface area contributed by atoms with Crippen LogP contribution in [0.15, 0.2) is 30.3 Å². The molecule has 1 atom stereocenters. The average molecular weight is 421 g/mol. The highest BCUT2D eigenvalue weighted by Crippen LogP contribution is 2.35. The standard InChI is InChI=1S/C25H32N4O2/c1-17-12-24(26-20-8-5-11-29(14-20)21-15-31-16-21)27-28-25(17)22-10-9-19(13-23(22)30)18-6-3-2-4-7-18/h6,9-10,12-13,20-21,30H,2-5,7-8,11,14-16H2,1H3,(H,26,27)/t20-/m1/s1. The topological polar surface area (TPSA) is 70.5 Å². The van der Waals surface area contributed by atoms with Crippen LogP contribution in [-0.4, -0.2) is 58.6 Å². The van der Waals surface area contributed by atoms with Crippen molar-refractivity contribution in [1.82, 2.24) is 15.1 Å². The molecule has 3 heterocycles. The number of aryl methyl sites for hydroxylation is 1. The van der Waals surface area contributed by atoms with E-state index in [4.69, 9.17) is 4.74 Å². The van der Waals surface area contributed by atoms with Crippen LogP contribution in [0.1, 0.15) is 49.7 Å². The second kappa shape index (κ2) is 8.97. The highest BCUT2D eigenvalue weighted by atomic mass is 16.5. The summed E-state index contributed by atoms with van der Waals surface area (Å²) in [6, 6.07) is 8.95. The Morgan fingerprint density at radius 3 is 2.74 bits per heavy atom. The van der Waals surface area contributed by atoms with E-state index in [-0.39, 0.29) is 5.75 Å². The Kier molecular flexibility index (Phi) is 5.92. The Morgan fingerprint density at radius 2 is 2.03 bits per heavy atom. The van der Waals surface area contributed by atoms with E-state index in [0.29, 0.717) is 12.1 Å². The molecule has 164 valence electrons. The van der Waals surface area contributed by atoms with Crippen molar-refractivity contribution < 1.29 is 9.84 Å². The molecule has 6 heteroatoms. The van der Waals surface area contributed by atoms with Gasteiger partial charge in [0.1, 0.15) is 11.6 Å². The highest BCUT2D eigenvalue weighted by molar-refractivity contribution is 5.75. The minimum absolute atomic E-state index is 0.271. The number of phenolic OH excluding ortho intramolecular Hbond substituents is 1. The van der Waals surface area contributed by atoms with Gasteiger partial charge in [0.05, 0.1) is 24.9 Å². The van der Waals surface area contributed by atoms with Crippen LogP contribution in [-0.2, 0) is 4.74 Å². The summed E-state index contributed by atoms with van der Waals surface area (Å²) in [4.78, 5) is 2.53. The summed E-state index contributed by atoms with van der Waals surface area (Å²) in [5, 5.41) is 23.2. The van der Waals surface area contributed by atoms with E-state index < -0.39 is 0 Å². The van der Waals surface area contributed by atoms with E-state index >= 15 is 0 Å². The Morgan fingerprint density at radius 1 is 1.13 bits per heavy atom. The van der Waals surface area contributed by atoms with Crippen LogP contribution in [0, 0.1) is 6.92 Å². The Labute approximate surface area is 184 Å². The van der Waals surface area contributed by atoms with Crippen LogP contribution in [0.3, 0.4) is 0 Å². The van der Waals surface area contributed by atoms with E-state index in [1.54, 1.807) is 0 Å². The maximum atomic E-state index is 10.7. The number of nitrogens with zero attached hydrogens (tertiary/aromatic N) is 3. The van der Waals surface area contributed by atoms with Gasteiger partial charge in [-0.05, 0) is 86.9 Å². The van der Waals surface area contributed by atoms with Crippen LogP contribution in [0.4, 0.5) is 5.82 Å². The third kappa shape index (κ3) is 4.46. The molecule has 31 heavy (non-hydrogen) atoms. The lowest BCUT2D eigenvalue weighted by atomic mass is 9.92. The highest BCUT2D eigenvalue weighted by Gasteiger charge is 2.30. The number of anilines is 1. The molecule has 0 radical (unpaired) electrons. The fourth-order valence-electron chi connectivity index (χ4n) is 4.95. The van der Waals surface area contributed by atoms with Crippen LogP contribution in [0.2, 0.25) is 0 Å². The molecule has 0 bridgehead atoms. The minimum atomic E-state index is 0.271. The number of piperidine rings is 1. The number of rotatable bonds is 5. The first-order chi connectivity index (χ1) is 15.2. The molecule has 0 spiro atoms. The van der Waals surface area contributed by atoms with E-state index in [2.05, 4.69) is 32.6 Å². The van der Waals surface area contributed by atoms with Gasteiger partial charge < -0.3 is 15.2 Å². The lowest BCUT2D eigenvalue weighted by Crippen LogP contribution is -2.54. The fraction of sp³-hybridized carbons (Fsp3) is 0.520. The molecule has 0 unspecified atom stereocenters. The third-order valence-electron chi connectivity index (χ3n) is 6.84. The number of allylic oxidation sites excluding steroid dienone is 2. The first kappa shape index (κ1) is 20.5. The Hall–Kier alpha value is -2.44. The van der Waals surface area contributed by atoms with Crippen molar-refractivity contribution in [3.05, 3.63) is 41.5 Å². The molecule has 0 saturated carbocycles. The molecule has 2 fully saturated rings. The van der Waals surface area contributed by atoms with Crippen molar-refractivity contribution in [2.45, 2.75) is 57.5 Å². The van der Waals surface area contributed by atoms with E-state index in [1.165, 1.54) is 24.8 Å². The van der Waals surface area contributed by atoms with Gasteiger partial charge >= 0.3 is 0 Å². The quantitative estimate of drug-likeness (QED) is 0.748. The van der Waals surface area contributed by atoms with Gasteiger partial charge in [-0.3, -0.25) is 4.90 Å². The van der Waals surface area contributed by atoms with Gasteiger partial charge in [-0.1, -0.05) is 12.1 Å². The van der Waals surface area contributed by atoms with Gasteiger partial charge in [0.15, 0.2) is 0 Å². The zero-order chi connectivity index (χ0) is 21.2. The molecule has 2 aliphatic heterocycles. The first-order valence-electron chi connectivity index (χ1n) is 11.6. The number of hydrogen-bond donors (Lipinski definition) is 2. The van der Waals surface area contributed by atoms with Gasteiger partial charge in [-0.15, -0.1) is 10.2 Å². The Balaban J connectivity index is 1.29. The second-order valence-corrected chi connectivity index (χ2v) is 9.14. The number of phenols is 1. The zero-order valence-corrected chi connectivity index (χ0v) is 18.3. The summed E-state index contributed by atoms with van der Waals surface area (Å²) in [6.07, 6.45) is 9.33. The molecule has 6 nitrogen and oxygen atoms in total. The number of nitrogens with one attached hydrogen (secondary N) is 1. The lowest BCUT2D eigenvalue weighted by Gasteiger charge is -2.42. The SMILES string of the molecule is Cc1cc(N[C@@H]2CCCN(C3COC3)C2)nnc1-c1ccc(C2=CCCCC2)cc1O. The predicted molar refractivity (Wildman–Crippen MR) is 123 cm³/mol. The number of ether oxygens (including phenoxy) is 1. The molecule has 1 aromatic heterocycles. The van der Waals surface area contributed by atoms with Gasteiger partial charge in [-0.2, -0.15) is 0 Å². The summed E-state index contributed by atoms with van der Waals surface area (Å²) in [5.74, 6) is 1.08. The number of likely N-dealkylation sites (tertiary alicyclic amines) is 1. The van der Waals surface area contributed by atoms with Gasteiger partial charge in [0.25, 0.3) is 0 Å². The van der Waals surface area contributed by atoms with Crippen molar-refractivity contribution in [2.75, 3.05) is 31.6 Å². The number of aromatic nitrogens is 2. The molecular weight excluding hydrogens is 388 g/mol. The maximum absolute atomic E-state index is 10.7. The largest absolute Gasteiger partial charge is 0.507 e. The molecule has 3 aliphatic rings. The molecule has 0 amide bonds. The minimum Gasteiger partial charge on any atom is -0.507 e. The summed E-state index contributed by atoms with van der Waals surface area (Å²) < 4.78 is 5.36. The number of aromatic hydroxyl groups is 1. The monoisotopic (exact) mass is 420 g/mol. The molecule has 1 aliphatic carbocycles. The second-order valence-electron chi connectivity index (χ2n) is 9.14. The molecule has 2 N–H and O–H groups in total. The summed E-state index contributed by atoms with van der Waals surface area (Å²) in [6.45, 7) is 5.93. The van der Waals surface area contributed by atoms with Gasteiger partial charge in [0.2, 0.25) is 0 Å². The fourth-order valence-corrected chi connectivity index (χ4v) is 4.95. The van der Waals surface area contributed by atoms with Crippen LogP contribution >= 0.6 is 0 Å². The van der Waals surface area contributed by atoms with Crippen molar-refractivity contribution in [3.63, 3.8) is 0 Å².